The highest BCUT2D eigenvalue weighted by Crippen LogP contribution is 2.18. The average molecular weight is 966 g/mol. The zero-order chi connectivity index (χ0) is 49.8. The van der Waals surface area contributed by atoms with Crippen LogP contribution in [0.25, 0.3) is 0 Å². The Bertz CT molecular complexity index is 694. The van der Waals surface area contributed by atoms with Crippen LogP contribution in [0.1, 0.15) is 400 Å². The standard InChI is InChI=1S/C29H60O.C21H44O.C15H32O/c1-2-3-4-5-6-7-8-9-10-11-12-13-14-15-16-17-18-19-20-21-22-23-24-25-26-27-28-29-30;1-2-3-4-5-6-7-8-9-10-11-12-13-14-15-16-17-18-19-20-21-22;1-2-3-4-5-6-7-8-9-10-11-12-13-14-15-16/h30H,2-29H2,1H3;22H,2-21H2,1H3;16H,2-15H2,1H3. The van der Waals surface area contributed by atoms with Gasteiger partial charge < -0.3 is 15.3 Å². The summed E-state index contributed by atoms with van der Waals surface area (Å²) in [4.78, 5) is 0. The lowest BCUT2D eigenvalue weighted by Gasteiger charge is -2.04. The van der Waals surface area contributed by atoms with Gasteiger partial charge in [0.2, 0.25) is 0 Å². The second-order valence-corrected chi connectivity index (χ2v) is 22.0. The Balaban J connectivity index is -0.000000980. The van der Waals surface area contributed by atoms with E-state index < -0.39 is 0 Å². The van der Waals surface area contributed by atoms with Crippen LogP contribution >= 0.6 is 0 Å². The molecule has 3 N–H and O–H groups in total. The van der Waals surface area contributed by atoms with Gasteiger partial charge in [0.15, 0.2) is 0 Å². The molecule has 0 bridgehead atoms. The van der Waals surface area contributed by atoms with E-state index in [1.165, 1.54) is 360 Å². The van der Waals surface area contributed by atoms with Gasteiger partial charge in [-0.15, -0.1) is 0 Å². The summed E-state index contributed by atoms with van der Waals surface area (Å²) in [5.74, 6) is 0. The van der Waals surface area contributed by atoms with Gasteiger partial charge in [-0.2, -0.15) is 0 Å². The van der Waals surface area contributed by atoms with Crippen LogP contribution in [0.3, 0.4) is 0 Å². The van der Waals surface area contributed by atoms with E-state index in [0.717, 1.165) is 19.3 Å². The molecule has 0 rings (SSSR count). The second-order valence-electron chi connectivity index (χ2n) is 22.0. The molecule has 0 atom stereocenters. The highest BCUT2D eigenvalue weighted by molar-refractivity contribution is 4.54. The summed E-state index contributed by atoms with van der Waals surface area (Å²) >= 11 is 0. The summed E-state index contributed by atoms with van der Waals surface area (Å²) in [5, 5.41) is 26.1. The van der Waals surface area contributed by atoms with E-state index in [-0.39, 0.29) is 0 Å². The highest BCUT2D eigenvalue weighted by Gasteiger charge is 1.99. The highest BCUT2D eigenvalue weighted by atomic mass is 16.3. The van der Waals surface area contributed by atoms with Crippen LogP contribution < -0.4 is 0 Å². The molecular formula is C65H136O3. The van der Waals surface area contributed by atoms with Crippen molar-refractivity contribution in [1.82, 2.24) is 0 Å². The van der Waals surface area contributed by atoms with Gasteiger partial charge >= 0.3 is 0 Å². The fourth-order valence-electron chi connectivity index (χ4n) is 9.92. The van der Waals surface area contributed by atoms with Crippen molar-refractivity contribution in [1.29, 1.82) is 0 Å². The summed E-state index contributed by atoms with van der Waals surface area (Å²) in [5.41, 5.74) is 0. The third kappa shape index (κ3) is 80.0. The molecule has 0 spiro atoms. The summed E-state index contributed by atoms with van der Waals surface area (Å²) in [6.07, 6.45) is 82.9. The molecule has 0 saturated carbocycles. The van der Waals surface area contributed by atoms with Gasteiger partial charge in [0.1, 0.15) is 0 Å². The molecule has 3 nitrogen and oxygen atoms in total. The van der Waals surface area contributed by atoms with Crippen LogP contribution in [0.4, 0.5) is 0 Å². The summed E-state index contributed by atoms with van der Waals surface area (Å²) < 4.78 is 0. The number of rotatable bonds is 59. The van der Waals surface area contributed by atoms with Crippen molar-refractivity contribution < 1.29 is 15.3 Å². The van der Waals surface area contributed by atoms with Gasteiger partial charge in [0.05, 0.1) is 0 Å². The quantitative estimate of drug-likeness (QED) is 0.0532. The van der Waals surface area contributed by atoms with E-state index >= 15 is 0 Å². The number of hydrogen-bond donors (Lipinski definition) is 3. The Morgan fingerprint density at radius 3 is 0.265 bits per heavy atom. The Kier molecular flexibility index (Phi) is 80.4. The van der Waals surface area contributed by atoms with Crippen molar-refractivity contribution in [3.63, 3.8) is 0 Å². The first-order valence-electron chi connectivity index (χ1n) is 32.6. The molecule has 0 amide bonds. The van der Waals surface area contributed by atoms with Crippen LogP contribution in [0.5, 0.6) is 0 Å². The van der Waals surface area contributed by atoms with Crippen molar-refractivity contribution in [2.24, 2.45) is 0 Å². The first kappa shape index (κ1) is 72.1. The van der Waals surface area contributed by atoms with Gasteiger partial charge in [0, 0.05) is 19.8 Å². The Labute approximate surface area is 432 Å². The van der Waals surface area contributed by atoms with Crippen LogP contribution in [-0.4, -0.2) is 35.1 Å². The molecule has 0 fully saturated rings. The fraction of sp³-hybridized carbons (Fsp3) is 1.00. The predicted octanol–water partition coefficient (Wildman–Crippen LogP) is 23.0. The van der Waals surface area contributed by atoms with E-state index in [1.54, 1.807) is 0 Å². The lowest BCUT2D eigenvalue weighted by atomic mass is 10.0. The molecule has 68 heavy (non-hydrogen) atoms. The molecule has 0 unspecified atom stereocenters. The predicted molar refractivity (Wildman–Crippen MR) is 311 cm³/mol. The molecule has 0 aromatic carbocycles. The number of hydrogen-bond acceptors (Lipinski definition) is 3. The topological polar surface area (TPSA) is 60.7 Å². The number of unbranched alkanes of at least 4 members (excludes halogenated alkanes) is 56. The number of aliphatic hydroxyl groups is 3. The van der Waals surface area contributed by atoms with Crippen LogP contribution in [-0.2, 0) is 0 Å². The zero-order valence-corrected chi connectivity index (χ0v) is 48.2. The Hall–Kier alpha value is -0.120. The van der Waals surface area contributed by atoms with Gasteiger partial charge in [-0.05, 0) is 19.3 Å². The monoisotopic (exact) mass is 965 g/mol. The zero-order valence-electron chi connectivity index (χ0n) is 48.2. The maximum absolute atomic E-state index is 8.75. The largest absolute Gasteiger partial charge is 0.396 e. The molecule has 0 radical (unpaired) electrons. The SMILES string of the molecule is CCCCCCCCCCCCCCCCCCCCCCCCCCCCCO.CCCCCCCCCCCCCCCCCCCCCO.CCCCCCCCCCCCCCCO. The molecule has 0 aromatic rings. The second kappa shape index (κ2) is 75.8. The van der Waals surface area contributed by atoms with Crippen molar-refractivity contribution in [3.05, 3.63) is 0 Å². The van der Waals surface area contributed by atoms with E-state index in [2.05, 4.69) is 20.8 Å². The molecule has 3 heteroatoms. The van der Waals surface area contributed by atoms with Gasteiger partial charge in [-0.1, -0.05) is 380 Å². The summed E-state index contributed by atoms with van der Waals surface area (Å²) in [6, 6.07) is 0. The van der Waals surface area contributed by atoms with E-state index in [4.69, 9.17) is 15.3 Å². The maximum Gasteiger partial charge on any atom is 0.0431 e. The van der Waals surface area contributed by atoms with Crippen molar-refractivity contribution in [2.45, 2.75) is 400 Å². The average Bonchev–Trinajstić information content (AvgIpc) is 3.35. The minimum Gasteiger partial charge on any atom is -0.396 e. The normalized spacial score (nSPS) is 11.2. The first-order valence-corrected chi connectivity index (χ1v) is 32.6. The summed E-state index contributed by atoms with van der Waals surface area (Å²) in [7, 11) is 0. The van der Waals surface area contributed by atoms with Crippen molar-refractivity contribution >= 4 is 0 Å². The molecule has 0 aliphatic rings. The lowest BCUT2D eigenvalue weighted by molar-refractivity contribution is 0.282. The molecule has 0 heterocycles. The van der Waals surface area contributed by atoms with Crippen LogP contribution in [0.15, 0.2) is 0 Å². The van der Waals surface area contributed by atoms with E-state index in [1.807, 2.05) is 0 Å². The van der Waals surface area contributed by atoms with Gasteiger partial charge in [0.25, 0.3) is 0 Å². The third-order valence-electron chi connectivity index (χ3n) is 14.8. The fourth-order valence-corrected chi connectivity index (χ4v) is 9.92. The first-order chi connectivity index (χ1) is 33.7. The van der Waals surface area contributed by atoms with Crippen molar-refractivity contribution in [2.75, 3.05) is 19.8 Å². The van der Waals surface area contributed by atoms with Crippen molar-refractivity contribution in [3.8, 4) is 0 Å². The Morgan fingerprint density at radius 1 is 0.118 bits per heavy atom. The molecular weight excluding hydrogens is 829 g/mol. The molecule has 414 valence electrons. The smallest absolute Gasteiger partial charge is 0.0431 e. The lowest BCUT2D eigenvalue weighted by Crippen LogP contribution is -1.85. The maximum atomic E-state index is 8.75. The molecule has 0 aliphatic carbocycles. The van der Waals surface area contributed by atoms with E-state index in [0.29, 0.717) is 19.8 Å². The minimum atomic E-state index is 0.373. The van der Waals surface area contributed by atoms with E-state index in [9.17, 15) is 0 Å². The van der Waals surface area contributed by atoms with Gasteiger partial charge in [-0.25, -0.2) is 0 Å². The number of aliphatic hydroxyl groups excluding tert-OH is 3. The summed E-state index contributed by atoms with van der Waals surface area (Å²) in [6.45, 7) is 7.99. The minimum absolute atomic E-state index is 0.373. The van der Waals surface area contributed by atoms with Crippen LogP contribution in [0.2, 0.25) is 0 Å². The molecule has 0 aliphatic heterocycles. The van der Waals surface area contributed by atoms with Gasteiger partial charge in [-0.3, -0.25) is 0 Å². The van der Waals surface area contributed by atoms with Crippen LogP contribution in [0, 0.1) is 0 Å². The molecule has 0 saturated heterocycles. The Morgan fingerprint density at radius 2 is 0.191 bits per heavy atom. The molecule has 0 aromatic heterocycles. The third-order valence-corrected chi connectivity index (χ3v) is 14.8.